The van der Waals surface area contributed by atoms with E-state index in [1.54, 1.807) is 6.08 Å². The third kappa shape index (κ3) is 2.74. The van der Waals surface area contributed by atoms with E-state index in [0.29, 0.717) is 4.91 Å². The van der Waals surface area contributed by atoms with E-state index in [4.69, 9.17) is 5.11 Å². The van der Waals surface area contributed by atoms with Crippen molar-refractivity contribution in [1.82, 2.24) is 0 Å². The maximum atomic E-state index is 11.1. The third-order valence-electron chi connectivity index (χ3n) is 2.57. The molecule has 0 aliphatic heterocycles. The van der Waals surface area contributed by atoms with Crippen molar-refractivity contribution < 1.29 is 9.90 Å². The van der Waals surface area contributed by atoms with Crippen LogP contribution >= 0.6 is 11.8 Å². The van der Waals surface area contributed by atoms with Crippen LogP contribution in [0, 0.1) is 0 Å². The Hall–Kier alpha value is -1.74. The van der Waals surface area contributed by atoms with Gasteiger partial charge in [0.25, 0.3) is 0 Å². The van der Waals surface area contributed by atoms with Crippen LogP contribution in [0.15, 0.2) is 58.3 Å². The Morgan fingerprint density at radius 2 is 1.94 bits per heavy atom. The Balaban J connectivity index is 2.43. The minimum atomic E-state index is -0.866. The fourth-order valence-electron chi connectivity index (χ4n) is 1.76. The van der Waals surface area contributed by atoms with Gasteiger partial charge >= 0.3 is 5.97 Å². The summed E-state index contributed by atoms with van der Waals surface area (Å²) in [4.78, 5) is 12.5. The first-order chi connectivity index (χ1) is 8.72. The molecule has 0 unspecified atom stereocenters. The molecule has 18 heavy (non-hydrogen) atoms. The van der Waals surface area contributed by atoms with Gasteiger partial charge in [-0.15, -0.1) is 0 Å². The van der Waals surface area contributed by atoms with Crippen molar-refractivity contribution in [2.24, 2.45) is 0 Å². The van der Waals surface area contributed by atoms with Gasteiger partial charge in [-0.3, -0.25) is 0 Å². The van der Waals surface area contributed by atoms with E-state index in [0.717, 1.165) is 22.1 Å². The Morgan fingerprint density at radius 1 is 1.22 bits per heavy atom. The summed E-state index contributed by atoms with van der Waals surface area (Å²) in [6.45, 7) is 1.94. The van der Waals surface area contributed by atoms with E-state index >= 15 is 0 Å². The second kappa shape index (κ2) is 5.74. The molecule has 0 spiro atoms. The van der Waals surface area contributed by atoms with Gasteiger partial charge in [0.15, 0.2) is 0 Å². The van der Waals surface area contributed by atoms with Crippen LogP contribution in [0.2, 0.25) is 0 Å². The predicted molar refractivity (Wildman–Crippen MR) is 75.8 cm³/mol. The van der Waals surface area contributed by atoms with E-state index < -0.39 is 5.97 Å². The predicted octanol–water partition coefficient (Wildman–Crippen LogP) is 4.31. The molecule has 0 atom stereocenters. The number of thioether (sulfide) groups is 1. The summed E-state index contributed by atoms with van der Waals surface area (Å²) in [5, 5.41) is 11.4. The first kappa shape index (κ1) is 12.7. The lowest BCUT2D eigenvalue weighted by atomic mass is 10.1. The van der Waals surface area contributed by atoms with E-state index in [9.17, 15) is 4.79 Å². The van der Waals surface area contributed by atoms with Crippen molar-refractivity contribution in [1.29, 1.82) is 0 Å². The number of rotatable bonds is 4. The molecule has 0 radical (unpaired) electrons. The Labute approximate surface area is 110 Å². The molecule has 2 rings (SSSR count). The van der Waals surface area contributed by atoms with Crippen LogP contribution in [0.5, 0.6) is 0 Å². The van der Waals surface area contributed by atoms with Gasteiger partial charge < -0.3 is 5.11 Å². The maximum absolute atomic E-state index is 11.1. The zero-order valence-electron chi connectivity index (χ0n) is 10.1. The van der Waals surface area contributed by atoms with Crippen molar-refractivity contribution in [3.05, 3.63) is 53.4 Å². The van der Waals surface area contributed by atoms with Crippen LogP contribution in [0.4, 0.5) is 0 Å². The van der Waals surface area contributed by atoms with Crippen LogP contribution in [0.1, 0.15) is 13.3 Å². The van der Waals surface area contributed by atoms with Crippen LogP contribution in [0.3, 0.4) is 0 Å². The molecule has 0 aromatic heterocycles. The smallest absolute Gasteiger partial charge is 0.342 e. The fourth-order valence-corrected chi connectivity index (χ4v) is 2.78. The number of hydrogen-bond donors (Lipinski definition) is 1. The van der Waals surface area contributed by atoms with Gasteiger partial charge in [-0.25, -0.2) is 4.79 Å². The lowest BCUT2D eigenvalue weighted by molar-refractivity contribution is -0.131. The lowest BCUT2D eigenvalue weighted by Gasteiger charge is -2.06. The third-order valence-corrected chi connectivity index (χ3v) is 3.71. The summed E-state index contributed by atoms with van der Waals surface area (Å²) in [7, 11) is 0. The zero-order chi connectivity index (χ0) is 13.0. The minimum Gasteiger partial charge on any atom is -0.477 e. The summed E-state index contributed by atoms with van der Waals surface area (Å²) in [6.07, 6.45) is 2.47. The molecule has 92 valence electrons. The SMILES string of the molecule is CC/C=C(/Sc1cccc2ccccc12)C(=O)O. The Kier molecular flexibility index (Phi) is 4.05. The van der Waals surface area contributed by atoms with E-state index in [2.05, 4.69) is 0 Å². The summed E-state index contributed by atoms with van der Waals surface area (Å²) in [5.41, 5.74) is 0. The number of allylic oxidation sites excluding steroid dienone is 1. The van der Waals surface area contributed by atoms with Gasteiger partial charge in [0, 0.05) is 4.90 Å². The number of benzene rings is 2. The molecular weight excluding hydrogens is 244 g/mol. The normalized spacial score (nSPS) is 11.7. The molecule has 1 N–H and O–H groups in total. The van der Waals surface area contributed by atoms with Crippen LogP contribution in [-0.2, 0) is 4.79 Å². The summed E-state index contributed by atoms with van der Waals surface area (Å²) < 4.78 is 0. The number of aliphatic carboxylic acids is 1. The highest BCUT2D eigenvalue weighted by Crippen LogP contribution is 2.33. The van der Waals surface area contributed by atoms with Gasteiger partial charge in [0.05, 0.1) is 4.91 Å². The number of carboxylic acids is 1. The summed E-state index contributed by atoms with van der Waals surface area (Å²) >= 11 is 1.31. The number of fused-ring (bicyclic) bond motifs is 1. The van der Waals surface area contributed by atoms with E-state index in [1.165, 1.54) is 11.8 Å². The topological polar surface area (TPSA) is 37.3 Å². The molecule has 0 fully saturated rings. The Morgan fingerprint density at radius 3 is 2.67 bits per heavy atom. The largest absolute Gasteiger partial charge is 0.477 e. The van der Waals surface area contributed by atoms with Crippen molar-refractivity contribution in [3.8, 4) is 0 Å². The minimum absolute atomic E-state index is 0.383. The van der Waals surface area contributed by atoms with Crippen LogP contribution < -0.4 is 0 Å². The first-order valence-corrected chi connectivity index (χ1v) is 6.63. The maximum Gasteiger partial charge on any atom is 0.342 e. The molecule has 2 aromatic carbocycles. The van der Waals surface area contributed by atoms with Crippen molar-refractivity contribution in [2.75, 3.05) is 0 Å². The second-order valence-corrected chi connectivity index (χ2v) is 4.94. The monoisotopic (exact) mass is 258 g/mol. The van der Waals surface area contributed by atoms with Gasteiger partial charge in [-0.2, -0.15) is 0 Å². The average Bonchev–Trinajstić information content (AvgIpc) is 2.38. The average molecular weight is 258 g/mol. The summed E-state index contributed by atoms with van der Waals surface area (Å²) in [5.74, 6) is -0.866. The van der Waals surface area contributed by atoms with E-state index in [-0.39, 0.29) is 0 Å². The lowest BCUT2D eigenvalue weighted by Crippen LogP contribution is -1.96. The molecule has 0 saturated carbocycles. The molecule has 0 bridgehead atoms. The van der Waals surface area contributed by atoms with Crippen molar-refractivity contribution in [3.63, 3.8) is 0 Å². The second-order valence-electron chi connectivity index (χ2n) is 3.86. The molecule has 0 amide bonds. The van der Waals surface area contributed by atoms with Gasteiger partial charge in [-0.05, 0) is 23.3 Å². The van der Waals surface area contributed by atoms with Gasteiger partial charge in [0.1, 0.15) is 0 Å². The molecule has 0 heterocycles. The molecule has 2 aromatic rings. The number of carbonyl (C=O) groups is 1. The standard InChI is InChI=1S/C15H14O2S/c1-2-6-14(15(16)17)18-13-10-5-8-11-7-3-4-9-12(11)13/h3-10H,2H2,1H3,(H,16,17)/b14-6+. The van der Waals surface area contributed by atoms with Gasteiger partial charge in [0.2, 0.25) is 0 Å². The van der Waals surface area contributed by atoms with E-state index in [1.807, 2.05) is 49.4 Å². The quantitative estimate of drug-likeness (QED) is 0.656. The fraction of sp³-hybridized carbons (Fsp3) is 0.133. The highest BCUT2D eigenvalue weighted by Gasteiger charge is 2.10. The molecule has 0 aliphatic carbocycles. The molecule has 2 nitrogen and oxygen atoms in total. The molecule has 0 saturated heterocycles. The highest BCUT2D eigenvalue weighted by atomic mass is 32.2. The number of hydrogen-bond acceptors (Lipinski definition) is 2. The summed E-state index contributed by atoms with van der Waals surface area (Å²) in [6, 6.07) is 13.9. The van der Waals surface area contributed by atoms with Crippen molar-refractivity contribution >= 4 is 28.5 Å². The number of carboxylic acid groups (broad SMARTS) is 1. The first-order valence-electron chi connectivity index (χ1n) is 5.81. The van der Waals surface area contributed by atoms with Crippen LogP contribution in [-0.4, -0.2) is 11.1 Å². The molecule has 3 heteroatoms. The Bertz CT molecular complexity index is 597. The van der Waals surface area contributed by atoms with Gasteiger partial charge in [-0.1, -0.05) is 61.2 Å². The molecular formula is C15H14O2S. The molecule has 0 aliphatic rings. The highest BCUT2D eigenvalue weighted by molar-refractivity contribution is 8.04. The van der Waals surface area contributed by atoms with Crippen LogP contribution in [0.25, 0.3) is 10.8 Å². The zero-order valence-corrected chi connectivity index (χ0v) is 10.9. The van der Waals surface area contributed by atoms with Crippen molar-refractivity contribution in [2.45, 2.75) is 18.2 Å².